The van der Waals surface area contributed by atoms with Crippen LogP contribution in [0.4, 0.5) is 17.1 Å². The molecule has 5 heteroatoms. The normalized spacial score (nSPS) is 12.2. The van der Waals surface area contributed by atoms with Crippen LogP contribution in [0.3, 0.4) is 0 Å². The summed E-state index contributed by atoms with van der Waals surface area (Å²) in [6.07, 6.45) is 0.721. The summed E-state index contributed by atoms with van der Waals surface area (Å²) in [6.45, 7) is 0.586. The number of ether oxygens (including phenoxy) is 2. The maximum absolute atomic E-state index is 6.14. The lowest BCUT2D eigenvalue weighted by molar-refractivity contribution is 0.0145. The summed E-state index contributed by atoms with van der Waals surface area (Å²) in [5.74, 6) is -0.920. The number of rotatable bonds is 11. The van der Waals surface area contributed by atoms with E-state index in [1.54, 1.807) is 14.2 Å². The summed E-state index contributed by atoms with van der Waals surface area (Å²) < 4.78 is 11.5. The van der Waals surface area contributed by atoms with Gasteiger partial charge in [0.25, 0.3) is 0 Å². The summed E-state index contributed by atoms with van der Waals surface area (Å²) >= 11 is 0. The van der Waals surface area contributed by atoms with Crippen LogP contribution in [-0.2, 0) is 9.47 Å². The third kappa shape index (κ3) is 5.73. The van der Waals surface area contributed by atoms with Gasteiger partial charge in [-0.1, -0.05) is 54.6 Å². The van der Waals surface area contributed by atoms with Crippen molar-refractivity contribution < 1.29 is 9.47 Å². The van der Waals surface area contributed by atoms with E-state index in [1.165, 1.54) is 0 Å². The maximum atomic E-state index is 6.14. The third-order valence-corrected chi connectivity index (χ3v) is 4.75. The Morgan fingerprint density at radius 3 is 1.55 bits per heavy atom. The van der Waals surface area contributed by atoms with Gasteiger partial charge in [0.05, 0.1) is 6.04 Å². The van der Waals surface area contributed by atoms with Crippen LogP contribution in [0.1, 0.15) is 6.42 Å². The number of hydrogen-bond acceptors (Lipinski definition) is 5. The highest BCUT2D eigenvalue weighted by Crippen LogP contribution is 2.27. The van der Waals surface area contributed by atoms with Gasteiger partial charge in [0, 0.05) is 37.9 Å². The zero-order valence-corrected chi connectivity index (χ0v) is 17.0. The fraction of sp³-hybridized carbons (Fsp3) is 0.250. The Hall–Kier alpha value is -3.02. The predicted octanol–water partition coefficient (Wildman–Crippen LogP) is 5.03. The van der Waals surface area contributed by atoms with E-state index in [4.69, 9.17) is 9.47 Å². The Morgan fingerprint density at radius 1 is 0.690 bits per heavy atom. The molecule has 0 aliphatic rings. The molecule has 3 N–H and O–H groups in total. The Morgan fingerprint density at radius 2 is 1.14 bits per heavy atom. The van der Waals surface area contributed by atoms with Crippen molar-refractivity contribution in [1.82, 2.24) is 0 Å². The predicted molar refractivity (Wildman–Crippen MR) is 120 cm³/mol. The van der Waals surface area contributed by atoms with E-state index < -0.39 is 5.85 Å². The van der Waals surface area contributed by atoms with Gasteiger partial charge in [-0.05, 0) is 42.8 Å². The van der Waals surface area contributed by atoms with Crippen LogP contribution in [0.15, 0.2) is 91.0 Å². The summed E-state index contributed by atoms with van der Waals surface area (Å²) in [5.41, 5.74) is 2.92. The quantitative estimate of drug-likeness (QED) is 0.400. The minimum atomic E-state index is -0.920. The molecule has 3 aromatic rings. The summed E-state index contributed by atoms with van der Waals surface area (Å²) in [6, 6.07) is 30.1. The molecule has 1 unspecified atom stereocenters. The average molecular weight is 392 g/mol. The smallest absolute Gasteiger partial charge is 0.237 e. The van der Waals surface area contributed by atoms with Gasteiger partial charge in [-0.3, -0.25) is 0 Å². The largest absolute Gasteiger partial charge is 0.385 e. The molecule has 0 fully saturated rings. The van der Waals surface area contributed by atoms with Gasteiger partial charge in [-0.15, -0.1) is 0 Å². The van der Waals surface area contributed by atoms with Crippen LogP contribution in [0.2, 0.25) is 0 Å². The first kappa shape index (κ1) is 20.7. The first-order chi connectivity index (χ1) is 14.3. The summed E-state index contributed by atoms with van der Waals surface area (Å²) in [4.78, 5) is 0. The minimum Gasteiger partial charge on any atom is -0.385 e. The molecule has 0 amide bonds. The molecule has 0 saturated heterocycles. The van der Waals surface area contributed by atoms with Crippen LogP contribution >= 0.6 is 0 Å². The lowest BCUT2D eigenvalue weighted by Gasteiger charge is -2.42. The Labute approximate surface area is 173 Å². The van der Waals surface area contributed by atoms with Gasteiger partial charge in [-0.25, -0.2) is 0 Å². The summed E-state index contributed by atoms with van der Waals surface area (Å²) in [7, 11) is 3.42. The molecule has 0 spiro atoms. The van der Waals surface area contributed by atoms with E-state index in [-0.39, 0.29) is 6.04 Å². The van der Waals surface area contributed by atoms with E-state index in [0.29, 0.717) is 6.61 Å². The Balaban J connectivity index is 1.97. The van der Waals surface area contributed by atoms with Crippen LogP contribution < -0.4 is 16.0 Å². The molecule has 29 heavy (non-hydrogen) atoms. The first-order valence-electron chi connectivity index (χ1n) is 9.78. The molecule has 0 saturated carbocycles. The molecule has 152 valence electrons. The fourth-order valence-electron chi connectivity index (χ4n) is 3.27. The highest BCUT2D eigenvalue weighted by molar-refractivity contribution is 5.54. The van der Waals surface area contributed by atoms with Crippen LogP contribution in [0.25, 0.3) is 0 Å². The van der Waals surface area contributed by atoms with Crippen LogP contribution in [0.5, 0.6) is 0 Å². The van der Waals surface area contributed by atoms with E-state index in [9.17, 15) is 0 Å². The van der Waals surface area contributed by atoms with Crippen molar-refractivity contribution in [2.24, 2.45) is 0 Å². The average Bonchev–Trinajstić information content (AvgIpc) is 2.78. The first-order valence-corrected chi connectivity index (χ1v) is 9.78. The van der Waals surface area contributed by atoms with E-state index in [2.05, 4.69) is 16.0 Å². The Kier molecular flexibility index (Phi) is 7.50. The van der Waals surface area contributed by atoms with Gasteiger partial charge in [0.2, 0.25) is 5.85 Å². The number of methoxy groups -OCH3 is 2. The van der Waals surface area contributed by atoms with Gasteiger partial charge >= 0.3 is 0 Å². The molecular weight excluding hydrogens is 362 g/mol. The topological polar surface area (TPSA) is 54.5 Å². The molecule has 3 rings (SSSR count). The fourth-order valence-corrected chi connectivity index (χ4v) is 3.27. The van der Waals surface area contributed by atoms with Crippen molar-refractivity contribution in [1.29, 1.82) is 0 Å². The van der Waals surface area contributed by atoms with Gasteiger partial charge in [0.1, 0.15) is 0 Å². The second-order valence-corrected chi connectivity index (χ2v) is 6.77. The molecule has 0 radical (unpaired) electrons. The molecule has 3 aromatic carbocycles. The summed E-state index contributed by atoms with van der Waals surface area (Å²) in [5, 5.41) is 10.8. The van der Waals surface area contributed by atoms with Crippen molar-refractivity contribution in [3.63, 3.8) is 0 Å². The lowest BCUT2D eigenvalue weighted by atomic mass is 10.1. The SMILES string of the molecule is COCCC(Nc1ccccc1)C(Nc1ccccc1)(Nc1ccccc1)OC. The molecule has 5 nitrogen and oxygen atoms in total. The van der Waals surface area contributed by atoms with E-state index >= 15 is 0 Å². The monoisotopic (exact) mass is 391 g/mol. The molecular formula is C24H29N3O2. The number of para-hydroxylation sites is 3. The van der Waals surface area contributed by atoms with Crippen molar-refractivity contribution in [3.8, 4) is 0 Å². The number of benzene rings is 3. The van der Waals surface area contributed by atoms with Crippen LogP contribution in [0, 0.1) is 0 Å². The highest BCUT2D eigenvalue weighted by Gasteiger charge is 2.39. The van der Waals surface area contributed by atoms with Gasteiger partial charge < -0.3 is 25.4 Å². The third-order valence-electron chi connectivity index (χ3n) is 4.75. The van der Waals surface area contributed by atoms with E-state index in [1.807, 2.05) is 91.0 Å². The highest BCUT2D eigenvalue weighted by atomic mass is 16.5. The van der Waals surface area contributed by atoms with Crippen LogP contribution in [-0.4, -0.2) is 32.7 Å². The molecule has 0 aliphatic carbocycles. The maximum Gasteiger partial charge on any atom is 0.237 e. The van der Waals surface area contributed by atoms with Crippen molar-refractivity contribution >= 4 is 17.1 Å². The molecule has 0 heterocycles. The molecule has 0 aliphatic heterocycles. The zero-order chi connectivity index (χ0) is 20.4. The minimum absolute atomic E-state index is 0.143. The van der Waals surface area contributed by atoms with Crippen molar-refractivity contribution in [3.05, 3.63) is 91.0 Å². The standard InChI is InChI=1S/C24H29N3O2/c1-28-19-18-23(25-20-12-6-3-7-13-20)24(29-2,26-21-14-8-4-9-15-21)27-22-16-10-5-11-17-22/h3-17,23,25-27H,18-19H2,1-2H3. The van der Waals surface area contributed by atoms with Crippen molar-refractivity contribution in [2.75, 3.05) is 36.8 Å². The number of anilines is 3. The van der Waals surface area contributed by atoms with Gasteiger partial charge in [-0.2, -0.15) is 0 Å². The van der Waals surface area contributed by atoms with E-state index in [0.717, 1.165) is 23.5 Å². The molecule has 0 aromatic heterocycles. The zero-order valence-electron chi connectivity index (χ0n) is 17.0. The van der Waals surface area contributed by atoms with Crippen molar-refractivity contribution in [2.45, 2.75) is 18.3 Å². The van der Waals surface area contributed by atoms with Gasteiger partial charge in [0.15, 0.2) is 0 Å². The number of hydrogen-bond donors (Lipinski definition) is 3. The Bertz CT molecular complexity index is 787. The second-order valence-electron chi connectivity index (χ2n) is 6.77. The molecule has 1 atom stereocenters. The molecule has 0 bridgehead atoms. The number of nitrogens with one attached hydrogen (secondary N) is 3. The second kappa shape index (κ2) is 10.5. The lowest BCUT2D eigenvalue weighted by Crippen LogP contribution is -2.60.